The van der Waals surface area contributed by atoms with E-state index in [1.165, 1.54) is 6.07 Å². The molecule has 6 heteroatoms. The molecule has 0 spiro atoms. The molecule has 1 aromatic carbocycles. The monoisotopic (exact) mass is 385 g/mol. The third-order valence-corrected chi connectivity index (χ3v) is 5.02. The predicted molar refractivity (Wildman–Crippen MR) is 88.6 cm³/mol. The van der Waals surface area contributed by atoms with Gasteiger partial charge >= 0.3 is 5.97 Å². The van der Waals surface area contributed by atoms with Crippen molar-refractivity contribution in [2.24, 2.45) is 5.92 Å². The lowest BCUT2D eigenvalue weighted by Crippen LogP contribution is -2.49. The molecule has 0 aromatic heterocycles. The van der Waals surface area contributed by atoms with Gasteiger partial charge in [-0.1, -0.05) is 25.8 Å². The summed E-state index contributed by atoms with van der Waals surface area (Å²) in [6, 6.07) is 4.70. The highest BCUT2D eigenvalue weighted by Crippen LogP contribution is 2.33. The van der Waals surface area contributed by atoms with E-state index in [0.717, 1.165) is 18.4 Å². The molecule has 0 heterocycles. The average molecular weight is 386 g/mol. The fourth-order valence-corrected chi connectivity index (χ4v) is 3.61. The summed E-state index contributed by atoms with van der Waals surface area (Å²) in [4.78, 5) is 23.5. The van der Waals surface area contributed by atoms with Crippen LogP contribution in [0.3, 0.4) is 0 Å². The van der Waals surface area contributed by atoms with Crippen molar-refractivity contribution in [3.05, 3.63) is 34.1 Å². The first kappa shape index (κ1) is 17.9. The first-order valence-electron chi connectivity index (χ1n) is 7.79. The van der Waals surface area contributed by atoms with E-state index in [2.05, 4.69) is 21.2 Å². The minimum atomic E-state index is -0.887. The normalized spacial score (nSPS) is 17.7. The molecule has 1 aromatic rings. The van der Waals surface area contributed by atoms with Gasteiger partial charge in [0.25, 0.3) is 0 Å². The zero-order valence-electron chi connectivity index (χ0n) is 13.1. The molecule has 0 saturated heterocycles. The van der Waals surface area contributed by atoms with Crippen LogP contribution in [0.2, 0.25) is 0 Å². The summed E-state index contributed by atoms with van der Waals surface area (Å²) in [5, 5.41) is 12.1. The number of hydrogen-bond donors (Lipinski definition) is 2. The average Bonchev–Trinajstić information content (AvgIpc) is 2.90. The quantitative estimate of drug-likeness (QED) is 0.784. The molecule has 1 aliphatic carbocycles. The van der Waals surface area contributed by atoms with Gasteiger partial charge in [-0.05, 0) is 52.9 Å². The summed E-state index contributed by atoms with van der Waals surface area (Å²) < 4.78 is 13.6. The molecule has 4 nitrogen and oxygen atoms in total. The van der Waals surface area contributed by atoms with Gasteiger partial charge in [-0.25, -0.2) is 4.39 Å². The maximum atomic E-state index is 13.3. The lowest BCUT2D eigenvalue weighted by molar-refractivity contribution is -0.139. The Hall–Kier alpha value is -1.43. The van der Waals surface area contributed by atoms with E-state index >= 15 is 0 Å². The van der Waals surface area contributed by atoms with Gasteiger partial charge in [0.2, 0.25) is 5.91 Å². The largest absolute Gasteiger partial charge is 0.481 e. The van der Waals surface area contributed by atoms with Gasteiger partial charge < -0.3 is 10.4 Å². The van der Waals surface area contributed by atoms with Crippen LogP contribution < -0.4 is 5.32 Å². The van der Waals surface area contributed by atoms with Crippen molar-refractivity contribution >= 4 is 27.8 Å². The van der Waals surface area contributed by atoms with E-state index in [9.17, 15) is 14.0 Å². The molecule has 0 bridgehead atoms. The summed E-state index contributed by atoms with van der Waals surface area (Å²) in [6.45, 7) is 1.80. The highest BCUT2D eigenvalue weighted by molar-refractivity contribution is 9.10. The van der Waals surface area contributed by atoms with E-state index in [1.54, 1.807) is 19.1 Å². The fourth-order valence-electron chi connectivity index (χ4n) is 3.18. The molecule has 1 saturated carbocycles. The van der Waals surface area contributed by atoms with E-state index < -0.39 is 11.5 Å². The second-order valence-electron chi connectivity index (χ2n) is 6.40. The van der Waals surface area contributed by atoms with Crippen LogP contribution in [0.1, 0.15) is 44.6 Å². The Labute approximate surface area is 143 Å². The SMILES string of the molecule is CC(Cc1ccc(F)c(Br)c1)C(=O)NC1(CC(=O)O)CCCC1. The van der Waals surface area contributed by atoms with Crippen LogP contribution in [-0.4, -0.2) is 22.5 Å². The van der Waals surface area contributed by atoms with Gasteiger partial charge in [-0.2, -0.15) is 0 Å². The molecule has 1 unspecified atom stereocenters. The molecule has 0 radical (unpaired) electrons. The zero-order valence-corrected chi connectivity index (χ0v) is 14.7. The highest BCUT2D eigenvalue weighted by atomic mass is 79.9. The second kappa shape index (κ2) is 7.43. The number of rotatable bonds is 6. The topological polar surface area (TPSA) is 66.4 Å². The van der Waals surface area contributed by atoms with Crippen molar-refractivity contribution < 1.29 is 19.1 Å². The number of halogens is 2. The summed E-state index contributed by atoms with van der Waals surface area (Å²) in [5.74, 6) is -1.67. The lowest BCUT2D eigenvalue weighted by atomic mass is 9.91. The number of carboxylic acids is 1. The first-order chi connectivity index (χ1) is 10.8. The number of carboxylic acid groups (broad SMARTS) is 1. The predicted octanol–water partition coefficient (Wildman–Crippen LogP) is 3.67. The lowest BCUT2D eigenvalue weighted by Gasteiger charge is -2.30. The summed E-state index contributed by atoms with van der Waals surface area (Å²) in [7, 11) is 0. The van der Waals surface area contributed by atoms with Crippen LogP contribution in [0, 0.1) is 11.7 Å². The van der Waals surface area contributed by atoms with Crippen LogP contribution in [0.4, 0.5) is 4.39 Å². The third kappa shape index (κ3) is 4.77. The van der Waals surface area contributed by atoms with Crippen molar-refractivity contribution in [3.8, 4) is 0 Å². The van der Waals surface area contributed by atoms with Crippen LogP contribution in [0.25, 0.3) is 0 Å². The van der Waals surface area contributed by atoms with Crippen LogP contribution in [0.15, 0.2) is 22.7 Å². The van der Waals surface area contributed by atoms with Crippen molar-refractivity contribution in [3.63, 3.8) is 0 Å². The van der Waals surface area contributed by atoms with Gasteiger partial charge in [-0.15, -0.1) is 0 Å². The van der Waals surface area contributed by atoms with Gasteiger partial charge in [0.05, 0.1) is 16.4 Å². The van der Waals surface area contributed by atoms with E-state index in [1.807, 2.05) is 0 Å². The minimum absolute atomic E-state index is 0.0342. The molecule has 1 fully saturated rings. The maximum Gasteiger partial charge on any atom is 0.305 e. The zero-order chi connectivity index (χ0) is 17.0. The number of carbonyl (C=O) groups is 2. The molecule has 23 heavy (non-hydrogen) atoms. The maximum absolute atomic E-state index is 13.3. The number of aliphatic carboxylic acids is 1. The Morgan fingerprint density at radius 3 is 2.61 bits per heavy atom. The Morgan fingerprint density at radius 1 is 1.39 bits per heavy atom. The highest BCUT2D eigenvalue weighted by Gasteiger charge is 2.38. The van der Waals surface area contributed by atoms with Crippen molar-refractivity contribution in [1.29, 1.82) is 0 Å². The molecule has 0 aliphatic heterocycles. The summed E-state index contributed by atoms with van der Waals surface area (Å²) in [6.07, 6.45) is 3.74. The van der Waals surface area contributed by atoms with E-state index in [-0.39, 0.29) is 24.1 Å². The third-order valence-electron chi connectivity index (χ3n) is 4.41. The Morgan fingerprint density at radius 2 is 2.04 bits per heavy atom. The summed E-state index contributed by atoms with van der Waals surface area (Å²) >= 11 is 3.14. The molecule has 1 amide bonds. The number of benzene rings is 1. The van der Waals surface area contributed by atoms with Crippen LogP contribution in [0.5, 0.6) is 0 Å². The van der Waals surface area contributed by atoms with Gasteiger partial charge in [0.1, 0.15) is 5.82 Å². The fraction of sp³-hybridized carbons (Fsp3) is 0.529. The molecule has 2 N–H and O–H groups in total. The second-order valence-corrected chi connectivity index (χ2v) is 7.26. The molecule has 126 valence electrons. The smallest absolute Gasteiger partial charge is 0.305 e. The Balaban J connectivity index is 2.00. The number of hydrogen-bond acceptors (Lipinski definition) is 2. The van der Waals surface area contributed by atoms with Crippen LogP contribution >= 0.6 is 15.9 Å². The Kier molecular flexibility index (Phi) is 5.79. The van der Waals surface area contributed by atoms with Gasteiger partial charge in [-0.3, -0.25) is 9.59 Å². The number of amides is 1. The molecule has 1 atom stereocenters. The minimum Gasteiger partial charge on any atom is -0.481 e. The molecule has 2 rings (SSSR count). The Bertz CT molecular complexity index is 600. The van der Waals surface area contributed by atoms with Gasteiger partial charge in [0.15, 0.2) is 0 Å². The molecule has 1 aliphatic rings. The standard InChI is InChI=1S/C17H21BrFNO3/c1-11(8-12-4-5-14(19)13(18)9-12)16(23)20-17(10-15(21)22)6-2-3-7-17/h4-5,9,11H,2-3,6-8,10H2,1H3,(H,20,23)(H,21,22). The van der Waals surface area contributed by atoms with Crippen molar-refractivity contribution in [2.45, 2.75) is 51.0 Å². The number of carbonyl (C=O) groups excluding carboxylic acids is 1. The van der Waals surface area contributed by atoms with E-state index in [0.29, 0.717) is 23.7 Å². The first-order valence-corrected chi connectivity index (χ1v) is 8.58. The molecular weight excluding hydrogens is 365 g/mol. The molecular formula is C17H21BrFNO3. The van der Waals surface area contributed by atoms with Crippen molar-refractivity contribution in [2.75, 3.05) is 0 Å². The summed E-state index contributed by atoms with van der Waals surface area (Å²) in [5.41, 5.74) is 0.250. The van der Waals surface area contributed by atoms with E-state index in [4.69, 9.17) is 5.11 Å². The number of nitrogens with one attached hydrogen (secondary N) is 1. The van der Waals surface area contributed by atoms with Gasteiger partial charge in [0, 0.05) is 5.92 Å². The van der Waals surface area contributed by atoms with Crippen molar-refractivity contribution in [1.82, 2.24) is 5.32 Å². The van der Waals surface area contributed by atoms with Crippen LogP contribution in [-0.2, 0) is 16.0 Å².